The highest BCUT2D eigenvalue weighted by molar-refractivity contribution is 5.83. The number of hydrogen-bond acceptors (Lipinski definition) is 1. The van der Waals surface area contributed by atoms with Crippen LogP contribution in [0.15, 0.2) is 4.99 Å². The Kier molecular flexibility index (Phi) is 5.56. The Hall–Kier alpha value is -0.730. The summed E-state index contributed by atoms with van der Waals surface area (Å²) in [5.41, 5.74) is 0. The summed E-state index contributed by atoms with van der Waals surface area (Å²) in [6.45, 7) is 11.5. The van der Waals surface area contributed by atoms with Gasteiger partial charge < -0.3 is 9.80 Å². The molecule has 3 nitrogen and oxygen atoms in total. The number of rotatable bonds is 2. The summed E-state index contributed by atoms with van der Waals surface area (Å²) in [4.78, 5) is 10.1. The Labute approximate surface area is 131 Å². The van der Waals surface area contributed by atoms with Crippen LogP contribution in [-0.2, 0) is 0 Å². The third kappa shape index (κ3) is 3.73. The topological polar surface area (TPSA) is 18.8 Å². The Morgan fingerprint density at radius 1 is 1.00 bits per heavy atom. The van der Waals surface area contributed by atoms with Crippen LogP contribution in [0.25, 0.3) is 0 Å². The summed E-state index contributed by atoms with van der Waals surface area (Å²) in [5.74, 6) is 2.08. The van der Waals surface area contributed by atoms with Gasteiger partial charge >= 0.3 is 0 Å². The van der Waals surface area contributed by atoms with Crippen molar-refractivity contribution in [1.82, 2.24) is 9.80 Å². The van der Waals surface area contributed by atoms with Gasteiger partial charge in [-0.25, -0.2) is 0 Å². The Morgan fingerprint density at radius 3 is 2.29 bits per heavy atom. The lowest BCUT2D eigenvalue weighted by Crippen LogP contribution is -2.42. The number of nitrogens with zero attached hydrogens (tertiary/aromatic N) is 3. The minimum absolute atomic E-state index is 0.369. The molecule has 0 aromatic carbocycles. The molecule has 0 spiro atoms. The second kappa shape index (κ2) is 7.02. The number of fused-ring (bicyclic) bond motifs is 1. The summed E-state index contributed by atoms with van der Waals surface area (Å²) in [6, 6.07) is 2.22. The van der Waals surface area contributed by atoms with Crippen molar-refractivity contribution in [2.75, 3.05) is 7.05 Å². The fourth-order valence-corrected chi connectivity index (χ4v) is 4.12. The first-order valence-electron chi connectivity index (χ1n) is 9.00. The first kappa shape index (κ1) is 16.6. The molecule has 3 atom stereocenters. The molecule has 0 bridgehead atoms. The average molecular weight is 293 g/mol. The molecular formula is C18H35N3. The molecule has 1 saturated heterocycles. The number of hydrogen-bond donors (Lipinski definition) is 0. The Morgan fingerprint density at radius 2 is 1.67 bits per heavy atom. The zero-order valence-corrected chi connectivity index (χ0v) is 15.0. The van der Waals surface area contributed by atoms with Gasteiger partial charge in [-0.3, -0.25) is 4.99 Å². The Balaban J connectivity index is 2.31. The van der Waals surface area contributed by atoms with Crippen LogP contribution in [0.5, 0.6) is 0 Å². The predicted molar refractivity (Wildman–Crippen MR) is 91.8 cm³/mol. The van der Waals surface area contributed by atoms with Gasteiger partial charge in [0.05, 0.1) is 12.1 Å². The van der Waals surface area contributed by atoms with Crippen LogP contribution in [0.1, 0.15) is 73.1 Å². The number of aliphatic imine (C=N–C) groups is 1. The smallest absolute Gasteiger partial charge is 0.197 e. The van der Waals surface area contributed by atoms with Gasteiger partial charge in [-0.1, -0.05) is 32.6 Å². The minimum atomic E-state index is 0.369. The largest absolute Gasteiger partial charge is 0.341 e. The molecule has 3 unspecified atom stereocenters. The molecule has 0 aromatic rings. The molecule has 0 N–H and O–H groups in total. The van der Waals surface area contributed by atoms with Gasteiger partial charge in [0.1, 0.15) is 0 Å². The van der Waals surface area contributed by atoms with Crippen molar-refractivity contribution in [3.8, 4) is 0 Å². The third-order valence-corrected chi connectivity index (χ3v) is 5.12. The summed E-state index contributed by atoms with van der Waals surface area (Å²) < 4.78 is 0. The van der Waals surface area contributed by atoms with E-state index in [0.717, 1.165) is 5.92 Å². The monoisotopic (exact) mass is 293 g/mol. The van der Waals surface area contributed by atoms with E-state index in [1.807, 2.05) is 0 Å². The molecule has 2 fully saturated rings. The highest BCUT2D eigenvalue weighted by Crippen LogP contribution is 2.34. The predicted octanol–water partition coefficient (Wildman–Crippen LogP) is 4.13. The number of likely N-dealkylation sites (N-methyl/N-ethyl adjacent to an activating group) is 1. The van der Waals surface area contributed by atoms with E-state index in [-0.39, 0.29) is 0 Å². The lowest BCUT2D eigenvalue weighted by molar-refractivity contribution is 0.213. The van der Waals surface area contributed by atoms with Crippen molar-refractivity contribution < 1.29 is 0 Å². The van der Waals surface area contributed by atoms with Crippen LogP contribution in [0.2, 0.25) is 0 Å². The first-order chi connectivity index (χ1) is 9.91. The van der Waals surface area contributed by atoms with E-state index in [4.69, 9.17) is 4.99 Å². The zero-order chi connectivity index (χ0) is 15.6. The molecule has 122 valence electrons. The maximum atomic E-state index is 4.96. The van der Waals surface area contributed by atoms with E-state index in [0.29, 0.717) is 24.2 Å². The molecule has 1 aliphatic carbocycles. The van der Waals surface area contributed by atoms with E-state index in [1.54, 1.807) is 0 Å². The summed E-state index contributed by atoms with van der Waals surface area (Å²) >= 11 is 0. The van der Waals surface area contributed by atoms with Crippen molar-refractivity contribution in [1.29, 1.82) is 0 Å². The molecule has 1 heterocycles. The van der Waals surface area contributed by atoms with Gasteiger partial charge in [0.25, 0.3) is 0 Å². The van der Waals surface area contributed by atoms with Crippen LogP contribution in [0.4, 0.5) is 0 Å². The molecule has 21 heavy (non-hydrogen) atoms. The van der Waals surface area contributed by atoms with Gasteiger partial charge in [-0.05, 0) is 46.5 Å². The third-order valence-electron chi connectivity index (χ3n) is 5.12. The first-order valence-corrected chi connectivity index (χ1v) is 9.00. The summed E-state index contributed by atoms with van der Waals surface area (Å²) in [6.07, 6.45) is 8.24. The maximum Gasteiger partial charge on any atom is 0.197 e. The average Bonchev–Trinajstić information content (AvgIpc) is 2.67. The molecular weight excluding hydrogens is 258 g/mol. The molecule has 0 aromatic heterocycles. The van der Waals surface area contributed by atoms with E-state index in [2.05, 4.69) is 51.5 Å². The molecule has 2 rings (SSSR count). The van der Waals surface area contributed by atoms with Gasteiger partial charge in [0, 0.05) is 19.1 Å². The lowest BCUT2D eigenvalue weighted by atomic mass is 9.93. The van der Waals surface area contributed by atoms with E-state index in [9.17, 15) is 0 Å². The van der Waals surface area contributed by atoms with Crippen LogP contribution in [0, 0.1) is 5.92 Å². The highest BCUT2D eigenvalue weighted by atomic mass is 15.5. The number of guanidine groups is 1. The standard InChI is InChI=1S/C18H35N3/c1-13(2)19-18-20(6)17-12-15(5)10-8-7-9-11-16(17)21(18)14(3)4/h13-17H,7-12H2,1-6H3. The normalized spacial score (nSPS) is 33.3. The van der Waals surface area contributed by atoms with Gasteiger partial charge in [0.15, 0.2) is 5.96 Å². The van der Waals surface area contributed by atoms with E-state index < -0.39 is 0 Å². The van der Waals surface area contributed by atoms with E-state index in [1.165, 1.54) is 44.5 Å². The SMILES string of the molecule is CC1CCCCCC2C(C1)N(C)C(=NC(C)C)N2C(C)C. The van der Waals surface area contributed by atoms with Crippen molar-refractivity contribution in [2.45, 2.75) is 97.3 Å². The molecule has 2 aliphatic rings. The zero-order valence-electron chi connectivity index (χ0n) is 15.0. The second-order valence-corrected chi connectivity index (χ2v) is 7.75. The molecule has 0 radical (unpaired) electrons. The van der Waals surface area contributed by atoms with Gasteiger partial charge in [-0.15, -0.1) is 0 Å². The molecule has 0 amide bonds. The van der Waals surface area contributed by atoms with Crippen molar-refractivity contribution in [2.24, 2.45) is 10.9 Å². The van der Waals surface area contributed by atoms with Crippen LogP contribution in [0.3, 0.4) is 0 Å². The molecule has 1 aliphatic heterocycles. The van der Waals surface area contributed by atoms with Crippen LogP contribution < -0.4 is 0 Å². The van der Waals surface area contributed by atoms with Crippen molar-refractivity contribution in [3.63, 3.8) is 0 Å². The highest BCUT2D eigenvalue weighted by Gasteiger charge is 2.43. The van der Waals surface area contributed by atoms with Gasteiger partial charge in [0.2, 0.25) is 0 Å². The quantitative estimate of drug-likeness (QED) is 0.762. The van der Waals surface area contributed by atoms with E-state index >= 15 is 0 Å². The fraction of sp³-hybridized carbons (Fsp3) is 0.944. The maximum absolute atomic E-state index is 4.96. The van der Waals surface area contributed by atoms with Gasteiger partial charge in [-0.2, -0.15) is 0 Å². The van der Waals surface area contributed by atoms with Crippen molar-refractivity contribution in [3.05, 3.63) is 0 Å². The fourth-order valence-electron chi connectivity index (χ4n) is 4.12. The van der Waals surface area contributed by atoms with Crippen LogP contribution in [-0.4, -0.2) is 47.0 Å². The minimum Gasteiger partial charge on any atom is -0.341 e. The molecule has 3 heteroatoms. The molecule has 1 saturated carbocycles. The second-order valence-electron chi connectivity index (χ2n) is 7.75. The summed E-state index contributed by atoms with van der Waals surface area (Å²) in [7, 11) is 2.27. The van der Waals surface area contributed by atoms with Crippen molar-refractivity contribution >= 4 is 5.96 Å². The summed E-state index contributed by atoms with van der Waals surface area (Å²) in [5, 5.41) is 0. The Bertz CT molecular complexity index is 361. The lowest BCUT2D eigenvalue weighted by Gasteiger charge is -2.31. The van der Waals surface area contributed by atoms with Crippen LogP contribution >= 0.6 is 0 Å².